The molecule has 1 aliphatic rings. The zero-order chi connectivity index (χ0) is 14.8. The smallest absolute Gasteiger partial charge is 0.244 e. The van der Waals surface area contributed by atoms with Crippen molar-refractivity contribution in [3.8, 4) is 6.07 Å². The quantitative estimate of drug-likeness (QED) is 0.791. The van der Waals surface area contributed by atoms with E-state index in [9.17, 15) is 13.2 Å². The molecule has 106 valence electrons. The predicted octanol–water partition coefficient (Wildman–Crippen LogP) is 0.411. The number of rotatable bonds is 2. The first-order chi connectivity index (χ1) is 9.46. The Kier molecular flexibility index (Phi) is 4.06. The summed E-state index contributed by atoms with van der Waals surface area (Å²) in [5, 5.41) is 9.02. The Morgan fingerprint density at radius 3 is 2.65 bits per heavy atom. The highest BCUT2D eigenvalue weighted by Gasteiger charge is 2.31. The lowest BCUT2D eigenvalue weighted by atomic mass is 10.2. The van der Waals surface area contributed by atoms with E-state index in [-0.39, 0.29) is 29.5 Å². The molecule has 1 aromatic rings. The molecule has 1 heterocycles. The van der Waals surface area contributed by atoms with Crippen molar-refractivity contribution >= 4 is 15.9 Å². The summed E-state index contributed by atoms with van der Waals surface area (Å²) in [6.07, 6.45) is 0.580. The number of benzene rings is 1. The van der Waals surface area contributed by atoms with E-state index < -0.39 is 10.0 Å². The lowest BCUT2D eigenvalue weighted by Crippen LogP contribution is -2.38. The Hall–Kier alpha value is -1.91. The molecule has 6 nitrogen and oxygen atoms in total. The molecule has 1 saturated heterocycles. The summed E-state index contributed by atoms with van der Waals surface area (Å²) < 4.78 is 26.3. The molecule has 2 rings (SSSR count). The van der Waals surface area contributed by atoms with E-state index in [1.54, 1.807) is 19.2 Å². The van der Waals surface area contributed by atoms with Crippen LogP contribution in [0.25, 0.3) is 0 Å². The third kappa shape index (κ3) is 2.66. The minimum absolute atomic E-state index is 0.0418. The highest BCUT2D eigenvalue weighted by Crippen LogP contribution is 2.21. The Bertz CT molecular complexity index is 664. The maximum absolute atomic E-state index is 12.6. The van der Waals surface area contributed by atoms with E-state index in [2.05, 4.69) is 0 Å². The van der Waals surface area contributed by atoms with Gasteiger partial charge in [-0.25, -0.2) is 8.42 Å². The van der Waals surface area contributed by atoms with E-state index >= 15 is 0 Å². The Labute approximate surface area is 118 Å². The number of nitriles is 1. The van der Waals surface area contributed by atoms with Gasteiger partial charge in [0.25, 0.3) is 0 Å². The van der Waals surface area contributed by atoms with Crippen LogP contribution in [-0.2, 0) is 14.8 Å². The van der Waals surface area contributed by atoms with Gasteiger partial charge in [-0.1, -0.05) is 12.1 Å². The fraction of sp³-hybridized carbons (Fsp3) is 0.385. The van der Waals surface area contributed by atoms with Gasteiger partial charge in [0.05, 0.1) is 17.0 Å². The van der Waals surface area contributed by atoms with Crippen LogP contribution in [0.1, 0.15) is 12.0 Å². The number of likely N-dealkylation sites (N-methyl/N-ethyl adjacent to an activating group) is 1. The van der Waals surface area contributed by atoms with Crippen LogP contribution in [0.15, 0.2) is 29.2 Å². The van der Waals surface area contributed by atoms with Crippen LogP contribution in [0.3, 0.4) is 0 Å². The molecular weight excluding hydrogens is 278 g/mol. The summed E-state index contributed by atoms with van der Waals surface area (Å²) in [5.74, 6) is -0.236. The van der Waals surface area contributed by atoms with Crippen molar-refractivity contribution in [2.45, 2.75) is 11.3 Å². The van der Waals surface area contributed by atoms with Gasteiger partial charge in [0, 0.05) is 20.1 Å². The van der Waals surface area contributed by atoms with Gasteiger partial charge in [0.1, 0.15) is 6.07 Å². The van der Waals surface area contributed by atoms with Crippen LogP contribution in [0.5, 0.6) is 0 Å². The van der Waals surface area contributed by atoms with E-state index in [4.69, 9.17) is 5.26 Å². The monoisotopic (exact) mass is 293 g/mol. The molecule has 1 aromatic carbocycles. The van der Waals surface area contributed by atoms with Crippen molar-refractivity contribution < 1.29 is 13.2 Å². The third-order valence-corrected chi connectivity index (χ3v) is 5.17. The average molecular weight is 293 g/mol. The highest BCUT2D eigenvalue weighted by molar-refractivity contribution is 7.89. The Morgan fingerprint density at radius 2 is 1.95 bits per heavy atom. The summed E-state index contributed by atoms with van der Waals surface area (Å²) in [7, 11) is -2.17. The molecule has 0 atom stereocenters. The molecule has 0 unspecified atom stereocenters. The van der Waals surface area contributed by atoms with Gasteiger partial charge >= 0.3 is 0 Å². The van der Waals surface area contributed by atoms with E-state index in [1.165, 1.54) is 17.0 Å². The summed E-state index contributed by atoms with van der Waals surface area (Å²) in [6, 6.07) is 7.91. The fourth-order valence-corrected chi connectivity index (χ4v) is 3.66. The standard InChI is InChI=1S/C13H15N3O3S/c1-15-7-4-8-16(10-13(15)17)20(18,19)12-6-3-2-5-11(12)9-14/h2-3,5-6H,4,7-8,10H2,1H3. The maximum Gasteiger partial charge on any atom is 0.244 e. The van der Waals surface area contributed by atoms with Crippen LogP contribution in [0, 0.1) is 11.3 Å². The summed E-state index contributed by atoms with van der Waals surface area (Å²) in [6.45, 7) is 0.627. The number of nitrogens with zero attached hydrogens (tertiary/aromatic N) is 3. The molecule has 0 spiro atoms. The molecular formula is C13H15N3O3S. The molecule has 20 heavy (non-hydrogen) atoms. The van der Waals surface area contributed by atoms with E-state index in [0.29, 0.717) is 13.0 Å². The van der Waals surface area contributed by atoms with Crippen molar-refractivity contribution in [2.24, 2.45) is 0 Å². The minimum atomic E-state index is -3.82. The molecule has 0 bridgehead atoms. The van der Waals surface area contributed by atoms with Gasteiger partial charge in [-0.15, -0.1) is 0 Å². The Balaban J connectivity index is 2.40. The number of sulfonamides is 1. The fourth-order valence-electron chi connectivity index (χ4n) is 2.09. The molecule has 1 aliphatic heterocycles. The van der Waals surface area contributed by atoms with Crippen LogP contribution < -0.4 is 0 Å². The summed E-state index contributed by atoms with van der Waals surface area (Å²) in [5.41, 5.74) is 0.0950. The first-order valence-corrected chi connectivity index (χ1v) is 7.64. The van der Waals surface area contributed by atoms with Gasteiger partial charge in [-0.3, -0.25) is 4.79 Å². The molecule has 1 amide bonds. The maximum atomic E-state index is 12.6. The summed E-state index contributed by atoms with van der Waals surface area (Å²) >= 11 is 0. The topological polar surface area (TPSA) is 81.5 Å². The number of hydrogen-bond donors (Lipinski definition) is 0. The molecule has 0 N–H and O–H groups in total. The summed E-state index contributed by atoms with van der Waals surface area (Å²) in [4.78, 5) is 13.3. The zero-order valence-corrected chi connectivity index (χ0v) is 11.9. The molecule has 0 aromatic heterocycles. The van der Waals surface area contributed by atoms with Crippen molar-refractivity contribution in [3.63, 3.8) is 0 Å². The van der Waals surface area contributed by atoms with Gasteiger partial charge in [-0.05, 0) is 18.6 Å². The van der Waals surface area contributed by atoms with E-state index in [0.717, 1.165) is 4.31 Å². The van der Waals surface area contributed by atoms with Crippen LogP contribution in [-0.4, -0.2) is 50.2 Å². The number of carbonyl (C=O) groups excluding carboxylic acids is 1. The second-order valence-electron chi connectivity index (χ2n) is 4.62. The number of amides is 1. The highest BCUT2D eigenvalue weighted by atomic mass is 32.2. The molecule has 1 fully saturated rings. The normalized spacial score (nSPS) is 17.6. The molecule has 0 aliphatic carbocycles. The second kappa shape index (κ2) is 5.61. The first-order valence-electron chi connectivity index (χ1n) is 6.20. The van der Waals surface area contributed by atoms with Gasteiger partial charge < -0.3 is 4.90 Å². The largest absolute Gasteiger partial charge is 0.345 e. The molecule has 7 heteroatoms. The minimum Gasteiger partial charge on any atom is -0.345 e. The lowest BCUT2D eigenvalue weighted by molar-refractivity contribution is -0.129. The first kappa shape index (κ1) is 14.5. The van der Waals surface area contributed by atoms with Crippen molar-refractivity contribution in [1.82, 2.24) is 9.21 Å². The average Bonchev–Trinajstić information content (AvgIpc) is 2.61. The van der Waals surface area contributed by atoms with Crippen LogP contribution in [0.2, 0.25) is 0 Å². The van der Waals surface area contributed by atoms with E-state index in [1.807, 2.05) is 6.07 Å². The van der Waals surface area contributed by atoms with Crippen molar-refractivity contribution in [1.29, 1.82) is 5.26 Å². The van der Waals surface area contributed by atoms with Gasteiger partial charge in [-0.2, -0.15) is 9.57 Å². The van der Waals surface area contributed by atoms with Crippen LogP contribution in [0.4, 0.5) is 0 Å². The second-order valence-corrected chi connectivity index (χ2v) is 6.52. The Morgan fingerprint density at radius 1 is 1.25 bits per heavy atom. The van der Waals surface area contributed by atoms with Crippen molar-refractivity contribution in [3.05, 3.63) is 29.8 Å². The van der Waals surface area contributed by atoms with Gasteiger partial charge in [0.15, 0.2) is 0 Å². The SMILES string of the molecule is CN1CCCN(S(=O)(=O)c2ccccc2C#N)CC1=O. The number of hydrogen-bond acceptors (Lipinski definition) is 4. The third-order valence-electron chi connectivity index (χ3n) is 3.26. The zero-order valence-electron chi connectivity index (χ0n) is 11.1. The van der Waals surface area contributed by atoms with Gasteiger partial charge in [0.2, 0.25) is 15.9 Å². The lowest BCUT2D eigenvalue weighted by Gasteiger charge is -2.20. The van der Waals surface area contributed by atoms with Crippen LogP contribution >= 0.6 is 0 Å². The molecule has 0 radical (unpaired) electrons. The number of carbonyl (C=O) groups is 1. The van der Waals surface area contributed by atoms with Crippen molar-refractivity contribution in [2.75, 3.05) is 26.7 Å². The predicted molar refractivity (Wildman–Crippen MR) is 72.2 cm³/mol. The molecule has 0 saturated carbocycles.